The molecule has 1 N–H and O–H groups in total. The Morgan fingerprint density at radius 1 is 1.17 bits per heavy atom. The van der Waals surface area contributed by atoms with Crippen molar-refractivity contribution < 1.29 is 0 Å². The van der Waals surface area contributed by atoms with Gasteiger partial charge >= 0.3 is 0 Å². The molecule has 2 nitrogen and oxygen atoms in total. The molecule has 2 unspecified atom stereocenters. The maximum Gasteiger partial charge on any atom is 0.0309 e. The van der Waals surface area contributed by atoms with E-state index >= 15 is 0 Å². The molecule has 0 aromatic heterocycles. The van der Waals surface area contributed by atoms with Gasteiger partial charge in [-0.2, -0.15) is 0 Å². The molecule has 0 radical (unpaired) electrons. The molecule has 0 bridgehead atoms. The van der Waals surface area contributed by atoms with Crippen LogP contribution in [0.1, 0.15) is 58.8 Å². The lowest BCUT2D eigenvalue weighted by Crippen LogP contribution is -2.64. The number of piperazine rings is 1. The topological polar surface area (TPSA) is 15.3 Å². The van der Waals surface area contributed by atoms with Gasteiger partial charge in [-0.1, -0.05) is 19.8 Å². The van der Waals surface area contributed by atoms with E-state index in [0.717, 1.165) is 17.9 Å². The minimum absolute atomic E-state index is 0.421. The van der Waals surface area contributed by atoms with Gasteiger partial charge in [-0.25, -0.2) is 0 Å². The predicted molar refractivity (Wildman–Crippen MR) is 76.7 cm³/mol. The molecule has 2 aliphatic carbocycles. The number of hydrogen-bond donors (Lipinski definition) is 1. The van der Waals surface area contributed by atoms with E-state index in [1.54, 1.807) is 0 Å². The van der Waals surface area contributed by atoms with E-state index in [0.29, 0.717) is 5.54 Å². The molecule has 18 heavy (non-hydrogen) atoms. The molecule has 3 aliphatic rings. The van der Waals surface area contributed by atoms with Crippen LogP contribution in [-0.4, -0.2) is 36.1 Å². The third-order valence-electron chi connectivity index (χ3n) is 5.71. The lowest BCUT2D eigenvalue weighted by atomic mass is 9.89. The molecule has 0 aromatic rings. The molecule has 0 amide bonds. The second kappa shape index (κ2) is 5.13. The van der Waals surface area contributed by atoms with Crippen LogP contribution in [0.2, 0.25) is 0 Å². The second-order valence-corrected chi connectivity index (χ2v) is 7.21. The first kappa shape index (κ1) is 12.9. The summed E-state index contributed by atoms with van der Waals surface area (Å²) in [6.45, 7) is 8.72. The second-order valence-electron chi connectivity index (χ2n) is 7.21. The van der Waals surface area contributed by atoms with Crippen LogP contribution in [0.3, 0.4) is 0 Å². The monoisotopic (exact) mass is 250 g/mol. The van der Waals surface area contributed by atoms with Gasteiger partial charge in [-0.3, -0.25) is 4.90 Å². The minimum atomic E-state index is 0.421. The van der Waals surface area contributed by atoms with E-state index in [2.05, 4.69) is 24.1 Å². The van der Waals surface area contributed by atoms with Crippen molar-refractivity contribution in [3.8, 4) is 0 Å². The van der Waals surface area contributed by atoms with E-state index in [9.17, 15) is 0 Å². The highest BCUT2D eigenvalue weighted by Crippen LogP contribution is 2.42. The van der Waals surface area contributed by atoms with E-state index in [4.69, 9.17) is 0 Å². The molecule has 2 atom stereocenters. The minimum Gasteiger partial charge on any atom is -0.308 e. The van der Waals surface area contributed by atoms with Gasteiger partial charge in [0.2, 0.25) is 0 Å². The van der Waals surface area contributed by atoms with Gasteiger partial charge < -0.3 is 5.32 Å². The van der Waals surface area contributed by atoms with Gasteiger partial charge in [-0.15, -0.1) is 0 Å². The standard InChI is InChI=1S/C16H30N2/c1-3-15-10-17-16(2,14-8-9-14)12-18(15)11-13-6-4-5-7-13/h13-15,17H,3-12H2,1-2H3. The van der Waals surface area contributed by atoms with Crippen LogP contribution < -0.4 is 5.32 Å². The maximum atomic E-state index is 3.87. The van der Waals surface area contributed by atoms with Crippen molar-refractivity contribution >= 4 is 0 Å². The molecule has 2 saturated carbocycles. The highest BCUT2D eigenvalue weighted by atomic mass is 15.3. The highest BCUT2D eigenvalue weighted by molar-refractivity contribution is 5.04. The van der Waals surface area contributed by atoms with Crippen LogP contribution in [0.15, 0.2) is 0 Å². The van der Waals surface area contributed by atoms with Crippen molar-refractivity contribution in [1.29, 1.82) is 0 Å². The molecule has 104 valence electrons. The highest BCUT2D eigenvalue weighted by Gasteiger charge is 2.45. The average molecular weight is 250 g/mol. The molecular formula is C16H30N2. The fourth-order valence-electron chi connectivity index (χ4n) is 4.22. The molecule has 0 spiro atoms. The van der Waals surface area contributed by atoms with Crippen molar-refractivity contribution in [1.82, 2.24) is 10.2 Å². The van der Waals surface area contributed by atoms with E-state index in [-0.39, 0.29) is 0 Å². The molecule has 1 saturated heterocycles. The Morgan fingerprint density at radius 3 is 2.50 bits per heavy atom. The van der Waals surface area contributed by atoms with Crippen molar-refractivity contribution in [3.63, 3.8) is 0 Å². The van der Waals surface area contributed by atoms with Crippen molar-refractivity contribution in [2.45, 2.75) is 70.4 Å². The summed E-state index contributed by atoms with van der Waals surface area (Å²) in [5, 5.41) is 3.87. The normalized spacial score (nSPS) is 39.3. The average Bonchev–Trinajstić information content (AvgIpc) is 3.11. The first-order valence-electron chi connectivity index (χ1n) is 8.20. The van der Waals surface area contributed by atoms with Gasteiger partial charge in [0, 0.05) is 31.2 Å². The molecule has 1 aliphatic heterocycles. The zero-order chi connectivity index (χ0) is 12.6. The third kappa shape index (κ3) is 2.60. The Morgan fingerprint density at radius 2 is 1.89 bits per heavy atom. The number of hydrogen-bond acceptors (Lipinski definition) is 2. The Hall–Kier alpha value is -0.0800. The van der Waals surface area contributed by atoms with Crippen LogP contribution in [0.5, 0.6) is 0 Å². The zero-order valence-corrected chi connectivity index (χ0v) is 12.3. The van der Waals surface area contributed by atoms with Crippen molar-refractivity contribution in [3.05, 3.63) is 0 Å². The summed E-state index contributed by atoms with van der Waals surface area (Å²) in [5.74, 6) is 1.96. The zero-order valence-electron chi connectivity index (χ0n) is 12.3. The van der Waals surface area contributed by atoms with Crippen LogP contribution in [0.4, 0.5) is 0 Å². The Labute approximate surface area is 113 Å². The van der Waals surface area contributed by atoms with Gasteiger partial charge in [0.25, 0.3) is 0 Å². The quantitative estimate of drug-likeness (QED) is 0.825. The fraction of sp³-hybridized carbons (Fsp3) is 1.00. The van der Waals surface area contributed by atoms with Crippen LogP contribution >= 0.6 is 0 Å². The van der Waals surface area contributed by atoms with Gasteiger partial charge in [-0.05, 0) is 50.9 Å². The number of rotatable bonds is 4. The molecule has 3 fully saturated rings. The smallest absolute Gasteiger partial charge is 0.0309 e. The van der Waals surface area contributed by atoms with Crippen LogP contribution in [0, 0.1) is 11.8 Å². The first-order chi connectivity index (χ1) is 8.71. The Kier molecular flexibility index (Phi) is 3.68. The molecular weight excluding hydrogens is 220 g/mol. The summed E-state index contributed by atoms with van der Waals surface area (Å²) in [7, 11) is 0. The summed E-state index contributed by atoms with van der Waals surface area (Å²) in [5.41, 5.74) is 0.421. The lowest BCUT2D eigenvalue weighted by molar-refractivity contribution is 0.0600. The van der Waals surface area contributed by atoms with Gasteiger partial charge in [0.1, 0.15) is 0 Å². The number of nitrogens with zero attached hydrogens (tertiary/aromatic N) is 1. The van der Waals surface area contributed by atoms with Crippen LogP contribution in [0.25, 0.3) is 0 Å². The van der Waals surface area contributed by atoms with Crippen molar-refractivity contribution in [2.24, 2.45) is 11.8 Å². The van der Waals surface area contributed by atoms with Crippen LogP contribution in [-0.2, 0) is 0 Å². The van der Waals surface area contributed by atoms with E-state index < -0.39 is 0 Å². The lowest BCUT2D eigenvalue weighted by Gasteiger charge is -2.47. The summed E-state index contributed by atoms with van der Waals surface area (Å²) < 4.78 is 0. The molecule has 3 rings (SSSR count). The van der Waals surface area contributed by atoms with E-state index in [1.165, 1.54) is 64.6 Å². The van der Waals surface area contributed by atoms with Gasteiger partial charge in [0.05, 0.1) is 0 Å². The summed E-state index contributed by atoms with van der Waals surface area (Å²) in [6.07, 6.45) is 10.2. The predicted octanol–water partition coefficient (Wildman–Crippen LogP) is 3.03. The van der Waals surface area contributed by atoms with Gasteiger partial charge in [0.15, 0.2) is 0 Å². The first-order valence-corrected chi connectivity index (χ1v) is 8.20. The summed E-state index contributed by atoms with van der Waals surface area (Å²) in [4.78, 5) is 2.84. The van der Waals surface area contributed by atoms with Crippen molar-refractivity contribution in [2.75, 3.05) is 19.6 Å². The number of nitrogens with one attached hydrogen (secondary N) is 1. The summed E-state index contributed by atoms with van der Waals surface area (Å²) >= 11 is 0. The third-order valence-corrected chi connectivity index (χ3v) is 5.71. The Balaban J connectivity index is 1.63. The SMILES string of the molecule is CCC1CNC(C)(C2CC2)CN1CC1CCCC1. The molecule has 1 heterocycles. The van der Waals surface area contributed by atoms with E-state index in [1.807, 2.05) is 0 Å². The Bertz CT molecular complexity index is 281. The largest absolute Gasteiger partial charge is 0.308 e. The summed E-state index contributed by atoms with van der Waals surface area (Å²) in [6, 6.07) is 0.789. The maximum absolute atomic E-state index is 3.87. The molecule has 2 heteroatoms. The molecule has 0 aromatic carbocycles. The fourth-order valence-corrected chi connectivity index (χ4v) is 4.22.